The van der Waals surface area contributed by atoms with Crippen LogP contribution in [0.3, 0.4) is 0 Å². The Labute approximate surface area is 88.3 Å². The van der Waals surface area contributed by atoms with E-state index in [1.807, 2.05) is 0 Å². The van der Waals surface area contributed by atoms with Gasteiger partial charge in [-0.2, -0.15) is 0 Å². The van der Waals surface area contributed by atoms with Crippen molar-refractivity contribution in [1.29, 1.82) is 0 Å². The minimum absolute atomic E-state index is 0.358. The van der Waals surface area contributed by atoms with Gasteiger partial charge in [0.1, 0.15) is 18.3 Å². The highest BCUT2D eigenvalue weighted by Gasteiger charge is 2.52. The van der Waals surface area contributed by atoms with Gasteiger partial charge in [-0.3, -0.25) is 0 Å². The lowest BCUT2D eigenvalue weighted by Gasteiger charge is -2.48. The van der Waals surface area contributed by atoms with E-state index in [1.54, 1.807) is 13.8 Å². The summed E-state index contributed by atoms with van der Waals surface area (Å²) in [7, 11) is 0. The van der Waals surface area contributed by atoms with Gasteiger partial charge < -0.3 is 30.9 Å². The molecule has 0 spiro atoms. The fourth-order valence-corrected chi connectivity index (χ4v) is 1.73. The minimum Gasteiger partial charge on any atom is -0.394 e. The smallest absolute Gasteiger partial charge is 0.186 e. The maximum absolute atomic E-state index is 10.1. The predicted molar refractivity (Wildman–Crippen MR) is 51.7 cm³/mol. The van der Waals surface area contributed by atoms with Crippen LogP contribution in [-0.4, -0.2) is 57.2 Å². The Hall–Kier alpha value is -0.240. The van der Waals surface area contributed by atoms with Crippen LogP contribution in [0.2, 0.25) is 0 Å². The zero-order chi connectivity index (χ0) is 11.8. The van der Waals surface area contributed by atoms with Gasteiger partial charge in [-0.15, -0.1) is 0 Å². The maximum atomic E-state index is 10.1. The third kappa shape index (κ3) is 2.01. The minimum atomic E-state index is -1.73. The van der Waals surface area contributed by atoms with Crippen LogP contribution in [0.15, 0.2) is 0 Å². The van der Waals surface area contributed by atoms with Gasteiger partial charge in [-0.1, -0.05) is 13.8 Å². The zero-order valence-electron chi connectivity index (χ0n) is 8.87. The van der Waals surface area contributed by atoms with Crippen LogP contribution >= 0.6 is 0 Å². The second kappa shape index (κ2) is 4.32. The van der Waals surface area contributed by atoms with Crippen LogP contribution < -0.4 is 5.73 Å². The van der Waals surface area contributed by atoms with Crippen molar-refractivity contribution < 1.29 is 25.2 Å². The molecule has 0 amide bonds. The van der Waals surface area contributed by atoms with Gasteiger partial charge in [0.2, 0.25) is 0 Å². The summed E-state index contributed by atoms with van der Waals surface area (Å²) in [6.07, 6.45) is -3.63. The van der Waals surface area contributed by atoms with Crippen molar-refractivity contribution in [1.82, 2.24) is 0 Å². The van der Waals surface area contributed by atoms with Gasteiger partial charge in [0, 0.05) is 5.92 Å². The molecule has 1 unspecified atom stereocenters. The summed E-state index contributed by atoms with van der Waals surface area (Å²) < 4.78 is 5.15. The molecule has 1 aliphatic rings. The van der Waals surface area contributed by atoms with Gasteiger partial charge in [0.15, 0.2) is 5.79 Å². The Morgan fingerprint density at radius 3 is 2.27 bits per heavy atom. The average Bonchev–Trinajstić information content (AvgIpc) is 2.20. The summed E-state index contributed by atoms with van der Waals surface area (Å²) in [6.45, 7) is 2.87. The number of ether oxygens (including phenoxy) is 1. The van der Waals surface area contributed by atoms with Crippen molar-refractivity contribution in [2.45, 2.75) is 44.0 Å². The lowest BCUT2D eigenvalue weighted by molar-refractivity contribution is -0.330. The molecular formula is C9H19NO5. The van der Waals surface area contributed by atoms with Crippen molar-refractivity contribution >= 4 is 0 Å². The molecule has 15 heavy (non-hydrogen) atoms. The van der Waals surface area contributed by atoms with Crippen molar-refractivity contribution in [3.05, 3.63) is 0 Å². The van der Waals surface area contributed by atoms with Crippen LogP contribution in [0.1, 0.15) is 13.8 Å². The second-order valence-electron chi connectivity index (χ2n) is 4.25. The van der Waals surface area contributed by atoms with E-state index in [2.05, 4.69) is 0 Å². The van der Waals surface area contributed by atoms with Gasteiger partial charge in [-0.05, 0) is 0 Å². The molecule has 0 aromatic rings. The Balaban J connectivity index is 2.92. The molecule has 0 saturated carbocycles. The first kappa shape index (κ1) is 12.8. The highest BCUT2D eigenvalue weighted by Crippen LogP contribution is 2.32. The second-order valence-corrected chi connectivity index (χ2v) is 4.25. The molecule has 0 aromatic carbocycles. The molecule has 5 atom stereocenters. The first-order valence-corrected chi connectivity index (χ1v) is 4.97. The summed E-state index contributed by atoms with van der Waals surface area (Å²) in [5.74, 6) is -2.09. The quantitative estimate of drug-likeness (QED) is 0.360. The molecule has 1 rings (SSSR count). The molecule has 6 nitrogen and oxygen atoms in total. The number of nitrogens with two attached hydrogens (primary N) is 1. The molecule has 1 aliphatic heterocycles. The van der Waals surface area contributed by atoms with Gasteiger partial charge in [-0.25, -0.2) is 0 Å². The number of hydrogen-bond donors (Lipinski definition) is 5. The Morgan fingerprint density at radius 1 is 1.33 bits per heavy atom. The van der Waals surface area contributed by atoms with Crippen LogP contribution in [0.4, 0.5) is 0 Å². The van der Waals surface area contributed by atoms with E-state index >= 15 is 0 Å². The van der Waals surface area contributed by atoms with Crippen LogP contribution in [0, 0.1) is 5.92 Å². The Bertz CT molecular complexity index is 223. The summed E-state index contributed by atoms with van der Waals surface area (Å²) in [4.78, 5) is 0. The fourth-order valence-electron chi connectivity index (χ4n) is 1.73. The number of aliphatic hydroxyl groups is 4. The van der Waals surface area contributed by atoms with Gasteiger partial charge in [0.05, 0.1) is 12.6 Å². The molecule has 1 heterocycles. The normalized spacial score (nSPS) is 47.2. The fraction of sp³-hybridized carbons (Fsp3) is 1.00. The zero-order valence-corrected chi connectivity index (χ0v) is 8.87. The van der Waals surface area contributed by atoms with E-state index in [0.717, 1.165) is 0 Å². The third-order valence-corrected chi connectivity index (χ3v) is 2.92. The molecule has 0 radical (unpaired) electrons. The van der Waals surface area contributed by atoms with E-state index in [1.165, 1.54) is 0 Å². The molecule has 0 bridgehead atoms. The lowest BCUT2D eigenvalue weighted by Crippen LogP contribution is -2.70. The van der Waals surface area contributed by atoms with E-state index in [9.17, 15) is 15.3 Å². The maximum Gasteiger partial charge on any atom is 0.186 e. The molecule has 0 aromatic heterocycles. The standard InChI is InChI=1S/C9H19NO5/c1-4(2)9(14)8(10)7(13)6(12)5(3-11)15-9/h4-8,11-14H,3,10H2,1-2H3/t5-,6+,7+,8-,9?/m1/s1. The van der Waals surface area contributed by atoms with Crippen LogP contribution in [-0.2, 0) is 4.74 Å². The van der Waals surface area contributed by atoms with E-state index in [0.29, 0.717) is 0 Å². The molecule has 6 N–H and O–H groups in total. The first-order chi connectivity index (χ1) is 6.84. The third-order valence-electron chi connectivity index (χ3n) is 2.92. The summed E-state index contributed by atoms with van der Waals surface area (Å²) in [5, 5.41) is 38.1. The number of aliphatic hydroxyl groups excluding tert-OH is 3. The lowest BCUT2D eigenvalue weighted by atomic mass is 9.85. The van der Waals surface area contributed by atoms with Gasteiger partial charge in [0.25, 0.3) is 0 Å². The molecule has 1 fully saturated rings. The first-order valence-electron chi connectivity index (χ1n) is 4.97. The van der Waals surface area contributed by atoms with Crippen molar-refractivity contribution in [2.75, 3.05) is 6.61 Å². The van der Waals surface area contributed by atoms with E-state index in [-0.39, 0.29) is 5.92 Å². The van der Waals surface area contributed by atoms with Gasteiger partial charge >= 0.3 is 0 Å². The van der Waals surface area contributed by atoms with E-state index < -0.39 is 36.7 Å². The largest absolute Gasteiger partial charge is 0.394 e. The highest BCUT2D eigenvalue weighted by atomic mass is 16.6. The summed E-state index contributed by atoms with van der Waals surface area (Å²) >= 11 is 0. The molecule has 1 saturated heterocycles. The summed E-state index contributed by atoms with van der Waals surface area (Å²) in [5.41, 5.74) is 5.60. The Morgan fingerprint density at radius 2 is 1.87 bits per heavy atom. The van der Waals surface area contributed by atoms with Crippen molar-refractivity contribution in [3.63, 3.8) is 0 Å². The molecule has 90 valence electrons. The van der Waals surface area contributed by atoms with Crippen molar-refractivity contribution in [3.8, 4) is 0 Å². The average molecular weight is 221 g/mol. The number of rotatable bonds is 2. The van der Waals surface area contributed by atoms with Crippen LogP contribution in [0.5, 0.6) is 0 Å². The predicted octanol–water partition coefficient (Wildman–Crippen LogP) is -2.23. The van der Waals surface area contributed by atoms with Crippen molar-refractivity contribution in [2.24, 2.45) is 11.7 Å². The SMILES string of the molecule is CC(C)C1(O)O[C@H](CO)[C@H](O)[C@H](O)[C@H]1N. The summed E-state index contributed by atoms with van der Waals surface area (Å²) in [6, 6.07) is -1.10. The highest BCUT2D eigenvalue weighted by molar-refractivity contribution is 4.99. The molecular weight excluding hydrogens is 202 g/mol. The number of hydrogen-bond acceptors (Lipinski definition) is 6. The topological polar surface area (TPSA) is 116 Å². The molecule has 0 aliphatic carbocycles. The van der Waals surface area contributed by atoms with E-state index in [4.69, 9.17) is 15.6 Å². The van der Waals surface area contributed by atoms with Crippen LogP contribution in [0.25, 0.3) is 0 Å². The molecule has 6 heteroatoms. The Kier molecular flexibility index (Phi) is 3.70. The monoisotopic (exact) mass is 221 g/mol.